The summed E-state index contributed by atoms with van der Waals surface area (Å²) in [6, 6.07) is 11.3. The molecule has 0 unspecified atom stereocenters. The molecule has 0 atom stereocenters. The van der Waals surface area contributed by atoms with Crippen molar-refractivity contribution in [3.8, 4) is 5.75 Å². The van der Waals surface area contributed by atoms with Crippen molar-refractivity contribution in [2.45, 2.75) is 6.42 Å². The van der Waals surface area contributed by atoms with E-state index >= 15 is 0 Å². The van der Waals surface area contributed by atoms with E-state index in [-0.39, 0.29) is 0 Å². The van der Waals surface area contributed by atoms with Gasteiger partial charge in [-0.1, -0.05) is 12.1 Å². The maximum absolute atomic E-state index is 11.6. The first kappa shape index (κ1) is 14.8. The lowest BCUT2D eigenvalue weighted by Crippen LogP contribution is -2.12. The van der Waals surface area contributed by atoms with Gasteiger partial charge in [0, 0.05) is 12.7 Å². The van der Waals surface area contributed by atoms with Crippen molar-refractivity contribution in [3.63, 3.8) is 0 Å². The minimum Gasteiger partial charge on any atom is -0.497 e. The van der Waals surface area contributed by atoms with Crippen LogP contribution in [0.4, 0.5) is 5.82 Å². The van der Waals surface area contributed by atoms with E-state index in [1.807, 2.05) is 24.3 Å². The van der Waals surface area contributed by atoms with Gasteiger partial charge in [-0.05, 0) is 36.2 Å². The molecule has 1 aromatic carbocycles. The summed E-state index contributed by atoms with van der Waals surface area (Å²) in [5.74, 6) is 0.972. The first-order valence-corrected chi connectivity index (χ1v) is 6.64. The van der Waals surface area contributed by atoms with Crippen LogP contribution in [0.2, 0.25) is 0 Å². The quantitative estimate of drug-likeness (QED) is 0.827. The summed E-state index contributed by atoms with van der Waals surface area (Å²) in [5.41, 5.74) is 1.59. The molecule has 0 aliphatic heterocycles. The lowest BCUT2D eigenvalue weighted by molar-refractivity contribution is 0.0601. The van der Waals surface area contributed by atoms with Crippen LogP contribution in [0, 0.1) is 0 Å². The molecule has 5 nitrogen and oxygen atoms in total. The van der Waals surface area contributed by atoms with Crippen molar-refractivity contribution in [3.05, 3.63) is 53.7 Å². The summed E-state index contributed by atoms with van der Waals surface area (Å²) in [7, 11) is 3.00. The van der Waals surface area contributed by atoms with Gasteiger partial charge in [0.15, 0.2) is 0 Å². The van der Waals surface area contributed by atoms with E-state index in [4.69, 9.17) is 9.47 Å². The van der Waals surface area contributed by atoms with Gasteiger partial charge in [-0.15, -0.1) is 0 Å². The van der Waals surface area contributed by atoms with Crippen LogP contribution in [0.3, 0.4) is 0 Å². The smallest absolute Gasteiger partial charge is 0.341 e. The summed E-state index contributed by atoms with van der Waals surface area (Å²) in [5, 5.41) is 3.16. The van der Waals surface area contributed by atoms with Gasteiger partial charge in [0.2, 0.25) is 0 Å². The Kier molecular flexibility index (Phi) is 5.15. The fraction of sp³-hybridized carbons (Fsp3) is 0.250. The van der Waals surface area contributed by atoms with Crippen LogP contribution in [0.15, 0.2) is 42.6 Å². The number of carbonyl (C=O) groups is 1. The number of nitrogens with zero attached hydrogens (tertiary/aromatic N) is 1. The second-order valence-corrected chi connectivity index (χ2v) is 4.42. The molecule has 2 aromatic rings. The molecule has 1 heterocycles. The van der Waals surface area contributed by atoms with Crippen molar-refractivity contribution in [1.29, 1.82) is 0 Å². The Hall–Kier alpha value is -2.56. The van der Waals surface area contributed by atoms with Crippen LogP contribution < -0.4 is 10.1 Å². The zero-order valence-corrected chi connectivity index (χ0v) is 12.1. The van der Waals surface area contributed by atoms with Crippen LogP contribution in [0.25, 0.3) is 0 Å². The highest BCUT2D eigenvalue weighted by molar-refractivity contribution is 5.94. The van der Waals surface area contributed by atoms with Crippen LogP contribution in [-0.4, -0.2) is 31.7 Å². The Balaban J connectivity index is 1.99. The highest BCUT2D eigenvalue weighted by Gasteiger charge is 2.11. The largest absolute Gasteiger partial charge is 0.497 e. The summed E-state index contributed by atoms with van der Waals surface area (Å²) >= 11 is 0. The topological polar surface area (TPSA) is 60.5 Å². The monoisotopic (exact) mass is 286 g/mol. The highest BCUT2D eigenvalue weighted by atomic mass is 16.5. The Morgan fingerprint density at radius 1 is 1.24 bits per heavy atom. The molecule has 0 fully saturated rings. The van der Waals surface area contributed by atoms with Gasteiger partial charge in [-0.25, -0.2) is 9.78 Å². The fourth-order valence-electron chi connectivity index (χ4n) is 1.97. The lowest BCUT2D eigenvalue weighted by atomic mass is 10.1. The third-order valence-electron chi connectivity index (χ3n) is 3.05. The van der Waals surface area contributed by atoms with E-state index in [2.05, 4.69) is 10.3 Å². The molecule has 0 aliphatic rings. The normalized spacial score (nSPS) is 10.0. The fourth-order valence-corrected chi connectivity index (χ4v) is 1.97. The van der Waals surface area contributed by atoms with Crippen molar-refractivity contribution in [2.24, 2.45) is 0 Å². The molecule has 0 radical (unpaired) electrons. The Morgan fingerprint density at radius 2 is 2.10 bits per heavy atom. The number of nitrogens with one attached hydrogen (secondary N) is 1. The molecular weight excluding hydrogens is 268 g/mol. The number of rotatable bonds is 6. The van der Waals surface area contributed by atoms with Crippen molar-refractivity contribution in [2.75, 3.05) is 26.1 Å². The number of aromatic nitrogens is 1. The van der Waals surface area contributed by atoms with Crippen molar-refractivity contribution >= 4 is 11.8 Å². The number of anilines is 1. The average molecular weight is 286 g/mol. The number of esters is 1. The van der Waals surface area contributed by atoms with Crippen LogP contribution >= 0.6 is 0 Å². The minimum atomic E-state index is -0.396. The molecule has 5 heteroatoms. The van der Waals surface area contributed by atoms with Gasteiger partial charge < -0.3 is 14.8 Å². The molecule has 0 aliphatic carbocycles. The van der Waals surface area contributed by atoms with E-state index in [0.717, 1.165) is 17.7 Å². The van der Waals surface area contributed by atoms with Gasteiger partial charge in [-0.3, -0.25) is 0 Å². The van der Waals surface area contributed by atoms with E-state index in [1.54, 1.807) is 25.4 Å². The van der Waals surface area contributed by atoms with Gasteiger partial charge in [-0.2, -0.15) is 0 Å². The highest BCUT2D eigenvalue weighted by Crippen LogP contribution is 2.15. The second-order valence-electron chi connectivity index (χ2n) is 4.42. The van der Waals surface area contributed by atoms with E-state index in [1.165, 1.54) is 7.11 Å². The Bertz CT molecular complexity index is 614. The zero-order chi connectivity index (χ0) is 15.1. The van der Waals surface area contributed by atoms with E-state index in [0.29, 0.717) is 17.9 Å². The molecule has 1 N–H and O–H groups in total. The standard InChI is InChI=1S/C16H18N2O3/c1-20-13-6-3-5-12(11-13)8-10-18-15-14(16(19)21-2)7-4-9-17-15/h3-7,9,11H,8,10H2,1-2H3,(H,17,18). The van der Waals surface area contributed by atoms with Gasteiger partial charge in [0.1, 0.15) is 17.1 Å². The third-order valence-corrected chi connectivity index (χ3v) is 3.05. The average Bonchev–Trinajstić information content (AvgIpc) is 2.55. The number of ether oxygens (including phenoxy) is 2. The lowest BCUT2D eigenvalue weighted by Gasteiger charge is -2.10. The molecule has 0 saturated heterocycles. The number of benzene rings is 1. The predicted molar refractivity (Wildman–Crippen MR) is 80.8 cm³/mol. The SMILES string of the molecule is COC(=O)c1cccnc1NCCc1cccc(OC)c1. The molecule has 0 amide bonds. The molecule has 0 bridgehead atoms. The number of hydrogen-bond donors (Lipinski definition) is 1. The number of carbonyl (C=O) groups excluding carboxylic acids is 1. The number of methoxy groups -OCH3 is 2. The Labute approximate surface area is 123 Å². The Morgan fingerprint density at radius 3 is 2.86 bits per heavy atom. The van der Waals surface area contributed by atoms with Gasteiger partial charge in [0.05, 0.1) is 14.2 Å². The van der Waals surface area contributed by atoms with Crippen molar-refractivity contribution in [1.82, 2.24) is 4.98 Å². The van der Waals surface area contributed by atoms with Crippen LogP contribution in [0.5, 0.6) is 5.75 Å². The maximum atomic E-state index is 11.6. The molecule has 0 saturated carbocycles. The van der Waals surface area contributed by atoms with Gasteiger partial charge >= 0.3 is 5.97 Å². The molecule has 2 rings (SSSR count). The van der Waals surface area contributed by atoms with Crippen molar-refractivity contribution < 1.29 is 14.3 Å². The summed E-state index contributed by atoms with van der Waals surface area (Å²) in [4.78, 5) is 15.8. The van der Waals surface area contributed by atoms with E-state index < -0.39 is 5.97 Å². The summed E-state index contributed by atoms with van der Waals surface area (Å²) in [6.07, 6.45) is 2.44. The first-order valence-electron chi connectivity index (χ1n) is 6.64. The molecule has 0 spiro atoms. The maximum Gasteiger partial charge on any atom is 0.341 e. The number of pyridine rings is 1. The minimum absolute atomic E-state index is 0.396. The molecule has 21 heavy (non-hydrogen) atoms. The summed E-state index contributed by atoms with van der Waals surface area (Å²) in [6.45, 7) is 0.661. The van der Waals surface area contributed by atoms with Crippen LogP contribution in [-0.2, 0) is 11.2 Å². The van der Waals surface area contributed by atoms with Gasteiger partial charge in [0.25, 0.3) is 0 Å². The molecular formula is C16H18N2O3. The molecule has 1 aromatic heterocycles. The zero-order valence-electron chi connectivity index (χ0n) is 12.1. The predicted octanol–water partition coefficient (Wildman–Crippen LogP) is 2.53. The molecule has 110 valence electrons. The van der Waals surface area contributed by atoms with E-state index in [9.17, 15) is 4.79 Å². The van der Waals surface area contributed by atoms with Crippen LogP contribution in [0.1, 0.15) is 15.9 Å². The second kappa shape index (κ2) is 7.28. The third kappa shape index (κ3) is 3.95. The summed E-state index contributed by atoms with van der Waals surface area (Å²) < 4.78 is 9.93. The first-order chi connectivity index (χ1) is 10.2. The number of hydrogen-bond acceptors (Lipinski definition) is 5.